The number of anilines is 1. The Labute approximate surface area is 156 Å². The van der Waals surface area contributed by atoms with Gasteiger partial charge >= 0.3 is 6.18 Å². The van der Waals surface area contributed by atoms with E-state index in [0.29, 0.717) is 0 Å². The smallest absolute Gasteiger partial charge is 0.417 e. The number of nitrogen functional groups attached to an aromatic ring is 1. The van der Waals surface area contributed by atoms with Gasteiger partial charge in [0.1, 0.15) is 17.3 Å². The summed E-state index contributed by atoms with van der Waals surface area (Å²) < 4.78 is 45.8. The zero-order chi connectivity index (χ0) is 20.5. The summed E-state index contributed by atoms with van der Waals surface area (Å²) in [7, 11) is 1.45. The Morgan fingerprint density at radius 1 is 1.29 bits per heavy atom. The number of benzene rings is 1. The largest absolute Gasteiger partial charge is 0.455 e. The second-order valence-corrected chi connectivity index (χ2v) is 5.65. The number of aromatic amines is 1. The van der Waals surface area contributed by atoms with Gasteiger partial charge in [-0.2, -0.15) is 18.2 Å². The van der Waals surface area contributed by atoms with Crippen LogP contribution >= 0.6 is 0 Å². The number of H-pyrrole nitrogens is 1. The first-order valence-corrected chi connectivity index (χ1v) is 7.87. The first-order valence-electron chi connectivity index (χ1n) is 7.87. The van der Waals surface area contributed by atoms with Gasteiger partial charge in [0.15, 0.2) is 11.7 Å². The number of rotatable bonds is 3. The summed E-state index contributed by atoms with van der Waals surface area (Å²) in [5.74, 6) is -0.495. The van der Waals surface area contributed by atoms with Crippen molar-refractivity contribution in [2.45, 2.75) is 6.18 Å². The Bertz CT molecular complexity index is 1070. The summed E-state index contributed by atoms with van der Waals surface area (Å²) in [5, 5.41) is 2.21. The van der Waals surface area contributed by atoms with Crippen LogP contribution in [0.5, 0.6) is 11.5 Å². The fourth-order valence-electron chi connectivity index (χ4n) is 2.48. The van der Waals surface area contributed by atoms with Gasteiger partial charge < -0.3 is 26.5 Å². The first kappa shape index (κ1) is 19.0. The number of hydrogen-bond acceptors (Lipinski definition) is 4. The Hall–Kier alpha value is -3.76. The fourth-order valence-corrected chi connectivity index (χ4v) is 2.48. The Balaban J connectivity index is 2.14. The number of hydrogen-bond donors (Lipinski definition) is 4. The van der Waals surface area contributed by atoms with Crippen LogP contribution in [0.25, 0.3) is 10.9 Å². The van der Waals surface area contributed by atoms with Gasteiger partial charge in [-0.05, 0) is 24.3 Å². The number of ether oxygens (including phenoxy) is 1. The van der Waals surface area contributed by atoms with E-state index in [9.17, 15) is 18.0 Å². The lowest BCUT2D eigenvalue weighted by Gasteiger charge is -2.11. The molecule has 8 nitrogen and oxygen atoms in total. The highest BCUT2D eigenvalue weighted by atomic mass is 19.4. The van der Waals surface area contributed by atoms with E-state index in [2.05, 4.69) is 20.3 Å². The number of fused-ring (bicyclic) bond motifs is 1. The SMILES string of the molecule is CNC(N)=NC(=O)c1cc2c(C(F)(F)F)ccc(Oc3ccnc(N)c3)c2[nH]1. The molecule has 28 heavy (non-hydrogen) atoms. The van der Waals surface area contributed by atoms with Gasteiger partial charge in [0.25, 0.3) is 5.91 Å². The molecule has 0 aliphatic carbocycles. The highest BCUT2D eigenvalue weighted by Crippen LogP contribution is 2.39. The summed E-state index contributed by atoms with van der Waals surface area (Å²) in [4.78, 5) is 22.2. The van der Waals surface area contributed by atoms with Crippen molar-refractivity contribution < 1.29 is 22.7 Å². The molecule has 3 aromatic rings. The molecule has 2 aromatic heterocycles. The zero-order valence-electron chi connectivity index (χ0n) is 14.5. The predicted molar refractivity (Wildman–Crippen MR) is 97.0 cm³/mol. The van der Waals surface area contributed by atoms with Crippen LogP contribution in [0.2, 0.25) is 0 Å². The molecule has 1 amide bonds. The van der Waals surface area contributed by atoms with E-state index in [1.807, 2.05) is 0 Å². The lowest BCUT2D eigenvalue weighted by atomic mass is 10.1. The Morgan fingerprint density at radius 3 is 2.68 bits per heavy atom. The second kappa shape index (κ2) is 7.10. The molecular formula is C17H15F3N6O2. The molecular weight excluding hydrogens is 377 g/mol. The highest BCUT2D eigenvalue weighted by molar-refractivity contribution is 6.05. The lowest BCUT2D eigenvalue weighted by molar-refractivity contribution is -0.136. The average Bonchev–Trinajstić information content (AvgIpc) is 3.06. The fraction of sp³-hybridized carbons (Fsp3) is 0.118. The summed E-state index contributed by atoms with van der Waals surface area (Å²) >= 11 is 0. The van der Waals surface area contributed by atoms with Crippen molar-refractivity contribution in [3.05, 3.63) is 47.8 Å². The number of amides is 1. The molecule has 6 N–H and O–H groups in total. The van der Waals surface area contributed by atoms with E-state index in [4.69, 9.17) is 16.2 Å². The number of aliphatic imine (C=N–C) groups is 1. The first-order chi connectivity index (χ1) is 13.2. The Morgan fingerprint density at radius 2 is 2.04 bits per heavy atom. The van der Waals surface area contributed by atoms with Gasteiger partial charge in [0.2, 0.25) is 0 Å². The molecule has 11 heteroatoms. The van der Waals surface area contributed by atoms with Crippen LogP contribution in [-0.4, -0.2) is 28.9 Å². The summed E-state index contributed by atoms with van der Waals surface area (Å²) in [6.45, 7) is 0. The molecule has 2 heterocycles. The third-order valence-electron chi connectivity index (χ3n) is 3.75. The molecule has 0 bridgehead atoms. The van der Waals surface area contributed by atoms with Crippen molar-refractivity contribution in [3.8, 4) is 11.5 Å². The summed E-state index contributed by atoms with van der Waals surface area (Å²) in [6, 6.07) is 5.98. The summed E-state index contributed by atoms with van der Waals surface area (Å²) in [5.41, 5.74) is 9.89. The average molecular weight is 392 g/mol. The van der Waals surface area contributed by atoms with Crippen molar-refractivity contribution in [2.75, 3.05) is 12.8 Å². The minimum absolute atomic E-state index is 0.0215. The third-order valence-corrected chi connectivity index (χ3v) is 3.75. The van der Waals surface area contributed by atoms with E-state index in [-0.39, 0.29) is 39.9 Å². The van der Waals surface area contributed by atoms with Crippen LogP contribution < -0.4 is 21.5 Å². The molecule has 0 unspecified atom stereocenters. The minimum Gasteiger partial charge on any atom is -0.455 e. The van der Waals surface area contributed by atoms with Gasteiger partial charge in [-0.15, -0.1) is 0 Å². The van der Waals surface area contributed by atoms with Crippen molar-refractivity contribution in [3.63, 3.8) is 0 Å². The number of halogens is 3. The number of carbonyl (C=O) groups excluding carboxylic acids is 1. The normalized spacial score (nSPS) is 12.2. The molecule has 0 aliphatic heterocycles. The minimum atomic E-state index is -4.63. The van der Waals surface area contributed by atoms with E-state index in [1.165, 1.54) is 25.4 Å². The molecule has 146 valence electrons. The van der Waals surface area contributed by atoms with Crippen molar-refractivity contribution in [2.24, 2.45) is 10.7 Å². The number of alkyl halides is 3. The van der Waals surface area contributed by atoms with Crippen molar-refractivity contribution in [1.29, 1.82) is 0 Å². The molecule has 0 aliphatic rings. The van der Waals surface area contributed by atoms with Crippen LogP contribution in [0.3, 0.4) is 0 Å². The van der Waals surface area contributed by atoms with E-state index < -0.39 is 17.6 Å². The van der Waals surface area contributed by atoms with E-state index in [0.717, 1.165) is 18.2 Å². The van der Waals surface area contributed by atoms with Crippen LogP contribution in [0.4, 0.5) is 19.0 Å². The quantitative estimate of drug-likeness (QED) is 0.400. The molecule has 0 radical (unpaired) electrons. The highest BCUT2D eigenvalue weighted by Gasteiger charge is 2.34. The maximum atomic E-state index is 13.4. The third kappa shape index (κ3) is 3.82. The van der Waals surface area contributed by atoms with Crippen molar-refractivity contribution in [1.82, 2.24) is 15.3 Å². The number of aromatic nitrogens is 2. The molecule has 0 saturated carbocycles. The second-order valence-electron chi connectivity index (χ2n) is 5.65. The number of guanidine groups is 1. The van der Waals surface area contributed by atoms with Crippen LogP contribution in [0, 0.1) is 0 Å². The van der Waals surface area contributed by atoms with Gasteiger partial charge in [-0.1, -0.05) is 0 Å². The topological polar surface area (TPSA) is 131 Å². The van der Waals surface area contributed by atoms with Gasteiger partial charge in [-0.3, -0.25) is 4.79 Å². The number of nitrogens with zero attached hydrogens (tertiary/aromatic N) is 2. The molecule has 0 atom stereocenters. The number of carbonyl (C=O) groups is 1. The van der Waals surface area contributed by atoms with Crippen LogP contribution in [0.1, 0.15) is 16.1 Å². The van der Waals surface area contributed by atoms with Crippen LogP contribution in [-0.2, 0) is 6.18 Å². The molecule has 0 spiro atoms. The van der Waals surface area contributed by atoms with Gasteiger partial charge in [-0.25, -0.2) is 4.98 Å². The zero-order valence-corrected chi connectivity index (χ0v) is 14.5. The monoisotopic (exact) mass is 392 g/mol. The molecule has 1 aromatic carbocycles. The standard InChI is InChI=1S/C17H15F3N6O2/c1-23-16(22)26-15(27)11-7-9-10(17(18,19)20)2-3-12(14(9)25-11)28-8-4-5-24-13(21)6-8/h2-7,25H,1H3,(H2,21,24)(H3,22,23,26,27). The number of nitrogens with two attached hydrogens (primary N) is 2. The van der Waals surface area contributed by atoms with Crippen molar-refractivity contribution >= 4 is 28.6 Å². The number of nitrogens with one attached hydrogen (secondary N) is 2. The van der Waals surface area contributed by atoms with Gasteiger partial charge in [0, 0.05) is 24.7 Å². The van der Waals surface area contributed by atoms with E-state index in [1.54, 1.807) is 0 Å². The maximum absolute atomic E-state index is 13.4. The summed E-state index contributed by atoms with van der Waals surface area (Å²) in [6.07, 6.45) is -3.24. The molecule has 0 saturated heterocycles. The van der Waals surface area contributed by atoms with E-state index >= 15 is 0 Å². The van der Waals surface area contributed by atoms with Crippen LogP contribution in [0.15, 0.2) is 41.5 Å². The Kier molecular flexibility index (Phi) is 4.82. The molecule has 0 fully saturated rings. The van der Waals surface area contributed by atoms with Gasteiger partial charge in [0.05, 0.1) is 11.1 Å². The lowest BCUT2D eigenvalue weighted by Crippen LogP contribution is -2.28. The molecule has 3 rings (SSSR count). The predicted octanol–water partition coefficient (Wildman–Crippen LogP) is 2.63. The number of pyridine rings is 1. The maximum Gasteiger partial charge on any atom is 0.417 e.